The van der Waals surface area contributed by atoms with Crippen LogP contribution in [0.5, 0.6) is 5.75 Å². The highest BCUT2D eigenvalue weighted by atomic mass is 35.5. The number of benzene rings is 2. The Morgan fingerprint density at radius 3 is 2.37 bits per heavy atom. The fourth-order valence-corrected chi connectivity index (χ4v) is 4.83. The van der Waals surface area contributed by atoms with Gasteiger partial charge >= 0.3 is 0 Å². The molecule has 0 saturated carbocycles. The summed E-state index contributed by atoms with van der Waals surface area (Å²) < 4.78 is 32.8. The summed E-state index contributed by atoms with van der Waals surface area (Å²) in [5.74, 6) is -0.0942. The van der Waals surface area contributed by atoms with E-state index in [9.17, 15) is 13.2 Å². The Kier molecular flexibility index (Phi) is 6.04. The van der Waals surface area contributed by atoms with Crippen LogP contribution in [0, 0.1) is 0 Å². The fraction of sp³-hybridized carbons (Fsp3) is 0.316. The minimum Gasteiger partial charge on any atom is -0.495 e. The summed E-state index contributed by atoms with van der Waals surface area (Å²) in [6.07, 6.45) is 2.71. The molecule has 1 heterocycles. The van der Waals surface area contributed by atoms with E-state index in [1.54, 1.807) is 36.4 Å². The first-order valence-electron chi connectivity index (χ1n) is 8.67. The van der Waals surface area contributed by atoms with Crippen molar-refractivity contribution in [2.75, 3.05) is 25.5 Å². The first kappa shape index (κ1) is 19.7. The minimum absolute atomic E-state index is 0.0563. The molecule has 0 aliphatic carbocycles. The van der Waals surface area contributed by atoms with Gasteiger partial charge in [-0.15, -0.1) is 0 Å². The highest BCUT2D eigenvalue weighted by Crippen LogP contribution is 2.31. The van der Waals surface area contributed by atoms with Gasteiger partial charge in [-0.2, -0.15) is 4.31 Å². The molecule has 0 bridgehead atoms. The zero-order valence-corrected chi connectivity index (χ0v) is 16.5. The monoisotopic (exact) mass is 408 g/mol. The molecule has 6 nitrogen and oxygen atoms in total. The molecule has 1 aliphatic rings. The Labute approximate surface area is 164 Å². The normalized spacial score (nSPS) is 15.3. The molecule has 2 aromatic carbocycles. The number of rotatable bonds is 5. The zero-order chi connectivity index (χ0) is 19.4. The molecule has 0 aromatic heterocycles. The van der Waals surface area contributed by atoms with E-state index in [2.05, 4.69) is 5.32 Å². The van der Waals surface area contributed by atoms with E-state index in [0.717, 1.165) is 19.3 Å². The second-order valence-electron chi connectivity index (χ2n) is 6.29. The lowest BCUT2D eigenvalue weighted by molar-refractivity contribution is 0.102. The molecule has 2 aromatic rings. The lowest BCUT2D eigenvalue weighted by atomic mass is 10.2. The van der Waals surface area contributed by atoms with Crippen LogP contribution in [0.15, 0.2) is 47.4 Å². The lowest BCUT2D eigenvalue weighted by Crippen LogP contribution is -2.35. The highest BCUT2D eigenvalue weighted by Gasteiger charge is 2.29. The number of hydrogen-bond acceptors (Lipinski definition) is 4. The molecule has 1 fully saturated rings. The van der Waals surface area contributed by atoms with Crippen LogP contribution in [0.1, 0.15) is 29.6 Å². The van der Waals surface area contributed by atoms with E-state index in [-0.39, 0.29) is 16.6 Å². The second kappa shape index (κ2) is 8.29. The van der Waals surface area contributed by atoms with E-state index in [4.69, 9.17) is 16.3 Å². The molecule has 1 aliphatic heterocycles. The van der Waals surface area contributed by atoms with E-state index in [1.807, 2.05) is 0 Å². The molecule has 8 heteroatoms. The number of carbonyl (C=O) groups excluding carboxylic acids is 1. The maximum Gasteiger partial charge on any atom is 0.255 e. The highest BCUT2D eigenvalue weighted by molar-refractivity contribution is 7.89. The number of amides is 1. The third kappa shape index (κ3) is 4.43. The van der Waals surface area contributed by atoms with Crippen LogP contribution >= 0.6 is 11.6 Å². The molecule has 144 valence electrons. The third-order valence-electron chi connectivity index (χ3n) is 4.46. The van der Waals surface area contributed by atoms with Crippen LogP contribution in [-0.4, -0.2) is 38.8 Å². The number of nitrogens with zero attached hydrogens (tertiary/aromatic N) is 1. The maximum atomic E-state index is 13.0. The first-order chi connectivity index (χ1) is 12.9. The fourth-order valence-electron chi connectivity index (χ4n) is 3.00. The SMILES string of the molecule is COc1ccc(NC(=O)c2ccc(Cl)cc2)cc1S(=O)(=O)N1CCCCC1. The van der Waals surface area contributed by atoms with E-state index in [1.165, 1.54) is 17.5 Å². The maximum absolute atomic E-state index is 13.0. The van der Waals surface area contributed by atoms with Crippen LogP contribution in [-0.2, 0) is 10.0 Å². The van der Waals surface area contributed by atoms with Gasteiger partial charge in [0.05, 0.1) is 7.11 Å². The van der Waals surface area contributed by atoms with Crippen molar-refractivity contribution in [1.29, 1.82) is 0 Å². The van der Waals surface area contributed by atoms with Gasteiger partial charge in [-0.3, -0.25) is 4.79 Å². The molecule has 1 amide bonds. The third-order valence-corrected chi connectivity index (χ3v) is 6.63. The Morgan fingerprint density at radius 1 is 1.07 bits per heavy atom. The number of carbonyl (C=O) groups is 1. The summed E-state index contributed by atoms with van der Waals surface area (Å²) in [4.78, 5) is 12.5. The molecule has 1 N–H and O–H groups in total. The van der Waals surface area contributed by atoms with Crippen LogP contribution in [0.2, 0.25) is 5.02 Å². The number of halogens is 1. The second-order valence-corrected chi connectivity index (χ2v) is 8.63. The van der Waals surface area contributed by atoms with Gasteiger partial charge in [0.1, 0.15) is 10.6 Å². The van der Waals surface area contributed by atoms with Crippen molar-refractivity contribution in [3.63, 3.8) is 0 Å². The zero-order valence-electron chi connectivity index (χ0n) is 14.9. The number of nitrogens with one attached hydrogen (secondary N) is 1. The predicted octanol–water partition coefficient (Wildman–Crippen LogP) is 3.78. The largest absolute Gasteiger partial charge is 0.495 e. The molecule has 0 spiro atoms. The minimum atomic E-state index is -3.69. The predicted molar refractivity (Wildman–Crippen MR) is 105 cm³/mol. The topological polar surface area (TPSA) is 75.7 Å². The smallest absolute Gasteiger partial charge is 0.255 e. The molecular formula is C19H21ClN2O4S. The van der Waals surface area contributed by atoms with Gasteiger partial charge in [0, 0.05) is 29.4 Å². The van der Waals surface area contributed by atoms with Crippen molar-refractivity contribution < 1.29 is 17.9 Å². The summed E-state index contributed by atoms with van der Waals surface area (Å²) in [6.45, 7) is 0.986. The molecule has 0 radical (unpaired) electrons. The standard InChI is InChI=1S/C19H21ClN2O4S/c1-26-17-10-9-16(21-19(23)14-5-7-15(20)8-6-14)13-18(17)27(24,25)22-11-3-2-4-12-22/h5-10,13H,2-4,11-12H2,1H3,(H,21,23). The molecule has 0 atom stereocenters. The number of ether oxygens (including phenoxy) is 1. The van der Waals surface area contributed by atoms with E-state index >= 15 is 0 Å². The van der Waals surface area contributed by atoms with Gasteiger partial charge in [0.2, 0.25) is 10.0 Å². The van der Waals surface area contributed by atoms with Crippen LogP contribution in [0.3, 0.4) is 0 Å². The van der Waals surface area contributed by atoms with Gasteiger partial charge in [-0.1, -0.05) is 18.0 Å². The molecule has 0 unspecified atom stereocenters. The average Bonchev–Trinajstić information content (AvgIpc) is 2.69. The number of piperidine rings is 1. The molecule has 1 saturated heterocycles. The summed E-state index contributed by atoms with van der Waals surface area (Å²) >= 11 is 5.84. The number of hydrogen-bond donors (Lipinski definition) is 1. The van der Waals surface area contributed by atoms with Gasteiger partial charge in [0.25, 0.3) is 5.91 Å². The van der Waals surface area contributed by atoms with Crippen molar-refractivity contribution in [3.05, 3.63) is 53.1 Å². The van der Waals surface area contributed by atoms with Crippen molar-refractivity contribution >= 4 is 33.2 Å². The van der Waals surface area contributed by atoms with Crippen molar-refractivity contribution in [3.8, 4) is 5.75 Å². The quantitative estimate of drug-likeness (QED) is 0.816. The van der Waals surface area contributed by atoms with E-state index < -0.39 is 10.0 Å². The van der Waals surface area contributed by atoms with Crippen LogP contribution in [0.25, 0.3) is 0 Å². The average molecular weight is 409 g/mol. The number of sulfonamides is 1. The summed E-state index contributed by atoms with van der Waals surface area (Å²) in [6, 6.07) is 11.1. The summed E-state index contributed by atoms with van der Waals surface area (Å²) in [5, 5.41) is 3.26. The summed E-state index contributed by atoms with van der Waals surface area (Å²) in [5.41, 5.74) is 0.807. The Bertz CT molecular complexity index is 923. The van der Waals surface area contributed by atoms with Crippen molar-refractivity contribution in [1.82, 2.24) is 4.31 Å². The van der Waals surface area contributed by atoms with Crippen LogP contribution in [0.4, 0.5) is 5.69 Å². The van der Waals surface area contributed by atoms with E-state index in [0.29, 0.717) is 29.4 Å². The lowest BCUT2D eigenvalue weighted by Gasteiger charge is -2.26. The Morgan fingerprint density at radius 2 is 1.74 bits per heavy atom. The number of methoxy groups -OCH3 is 1. The van der Waals surface area contributed by atoms with Gasteiger partial charge < -0.3 is 10.1 Å². The van der Waals surface area contributed by atoms with Crippen molar-refractivity contribution in [2.24, 2.45) is 0 Å². The molecule has 3 rings (SSSR count). The van der Waals surface area contributed by atoms with Gasteiger partial charge in [0.15, 0.2) is 0 Å². The molecular weight excluding hydrogens is 388 g/mol. The van der Waals surface area contributed by atoms with Gasteiger partial charge in [-0.05, 0) is 55.3 Å². The first-order valence-corrected chi connectivity index (χ1v) is 10.5. The Balaban J connectivity index is 1.89. The summed E-state index contributed by atoms with van der Waals surface area (Å²) in [7, 11) is -2.27. The van der Waals surface area contributed by atoms with Gasteiger partial charge in [-0.25, -0.2) is 8.42 Å². The van der Waals surface area contributed by atoms with Crippen LogP contribution < -0.4 is 10.1 Å². The van der Waals surface area contributed by atoms with Crippen molar-refractivity contribution in [2.45, 2.75) is 24.2 Å². The molecule has 27 heavy (non-hydrogen) atoms. The Hall–Kier alpha value is -2.09. The number of anilines is 1.